The Kier molecular flexibility index (Phi) is 12.2. The topological polar surface area (TPSA) is 149 Å². The summed E-state index contributed by atoms with van der Waals surface area (Å²) in [6.07, 6.45) is 4.60. The van der Waals surface area contributed by atoms with E-state index in [1.807, 2.05) is 12.1 Å². The molecular formula is C34H37Cl2N7O5. The van der Waals surface area contributed by atoms with E-state index in [1.54, 1.807) is 64.1 Å². The smallest absolute Gasteiger partial charge is 0.274 e. The number of hydrogen-bond donors (Lipinski definition) is 4. The van der Waals surface area contributed by atoms with Crippen LogP contribution in [-0.4, -0.2) is 73.8 Å². The molecule has 5 rings (SSSR count). The van der Waals surface area contributed by atoms with Gasteiger partial charge in [-0.25, -0.2) is 4.98 Å². The van der Waals surface area contributed by atoms with Crippen LogP contribution in [0.15, 0.2) is 54.9 Å². The zero-order valence-electron chi connectivity index (χ0n) is 26.9. The third-order valence-corrected chi connectivity index (χ3v) is 8.58. The molecule has 4 aromatic rings. The van der Waals surface area contributed by atoms with Crippen LogP contribution >= 0.6 is 23.2 Å². The lowest BCUT2D eigenvalue weighted by molar-refractivity contribution is -0.119. The van der Waals surface area contributed by atoms with E-state index in [4.69, 9.17) is 42.4 Å². The molecule has 1 saturated heterocycles. The van der Waals surface area contributed by atoms with Gasteiger partial charge >= 0.3 is 0 Å². The maximum Gasteiger partial charge on any atom is 0.274 e. The third kappa shape index (κ3) is 8.38. The lowest BCUT2D eigenvalue weighted by Gasteiger charge is -2.15. The van der Waals surface area contributed by atoms with Crippen molar-refractivity contribution in [1.29, 1.82) is 0 Å². The fourth-order valence-corrected chi connectivity index (χ4v) is 5.85. The standard InChI is InChI=1S/C34H37Cl2N7O5/c1-46-14-13-37-17-21-18-40-27(15-28(21)47-2)33(45)42-26-6-4-5-24(30(26)35)32-31(36)23(11-12-39-32)25-9-7-20(34(43-25)48-3)16-38-19-22-8-10-29(44)41-22/h4-7,9,11-12,15,18,22,37-38H,8,10,13-14,16-17,19H2,1-3H3,(H,41,44)(H,42,45)/t22-/m1/s1. The highest BCUT2D eigenvalue weighted by molar-refractivity contribution is 6.39. The number of methoxy groups -OCH3 is 3. The van der Waals surface area contributed by atoms with Crippen molar-refractivity contribution in [3.63, 3.8) is 0 Å². The molecule has 12 nitrogen and oxygen atoms in total. The molecule has 1 aliphatic rings. The highest BCUT2D eigenvalue weighted by Gasteiger charge is 2.22. The molecule has 0 saturated carbocycles. The molecule has 48 heavy (non-hydrogen) atoms. The molecule has 2 amide bonds. The quantitative estimate of drug-likeness (QED) is 0.127. The van der Waals surface area contributed by atoms with Crippen molar-refractivity contribution in [1.82, 2.24) is 30.9 Å². The number of aromatic nitrogens is 3. The molecule has 0 unspecified atom stereocenters. The Morgan fingerprint density at radius 3 is 2.56 bits per heavy atom. The van der Waals surface area contributed by atoms with Gasteiger partial charge in [-0.2, -0.15) is 0 Å². The minimum Gasteiger partial charge on any atom is -0.496 e. The summed E-state index contributed by atoms with van der Waals surface area (Å²) in [6, 6.07) is 12.5. The molecule has 0 bridgehead atoms. The Morgan fingerprint density at radius 1 is 0.979 bits per heavy atom. The van der Waals surface area contributed by atoms with Gasteiger partial charge in [0.1, 0.15) is 11.4 Å². The van der Waals surface area contributed by atoms with E-state index < -0.39 is 5.91 Å². The van der Waals surface area contributed by atoms with E-state index in [9.17, 15) is 9.59 Å². The van der Waals surface area contributed by atoms with E-state index in [2.05, 4.69) is 31.2 Å². The zero-order valence-corrected chi connectivity index (χ0v) is 28.4. The van der Waals surface area contributed by atoms with Crippen molar-refractivity contribution in [3.05, 3.63) is 81.7 Å². The van der Waals surface area contributed by atoms with Gasteiger partial charge in [-0.1, -0.05) is 41.4 Å². The summed E-state index contributed by atoms with van der Waals surface area (Å²) in [5, 5.41) is 13.0. The molecule has 14 heteroatoms. The van der Waals surface area contributed by atoms with Crippen LogP contribution in [0, 0.1) is 0 Å². The molecule has 1 fully saturated rings. The van der Waals surface area contributed by atoms with Gasteiger partial charge in [-0.3, -0.25) is 19.6 Å². The van der Waals surface area contributed by atoms with Crippen molar-refractivity contribution < 1.29 is 23.8 Å². The molecule has 252 valence electrons. The fraction of sp³-hybridized carbons (Fsp3) is 0.324. The predicted octanol–water partition coefficient (Wildman–Crippen LogP) is 4.89. The van der Waals surface area contributed by atoms with Crippen LogP contribution < -0.4 is 30.7 Å². The van der Waals surface area contributed by atoms with Crippen molar-refractivity contribution in [3.8, 4) is 34.1 Å². The number of nitrogens with zero attached hydrogens (tertiary/aromatic N) is 3. The van der Waals surface area contributed by atoms with E-state index in [1.165, 1.54) is 0 Å². The minimum absolute atomic E-state index is 0.0826. The Morgan fingerprint density at radius 2 is 1.81 bits per heavy atom. The van der Waals surface area contributed by atoms with Gasteiger partial charge in [-0.05, 0) is 24.6 Å². The number of rotatable bonds is 15. The molecule has 1 aromatic carbocycles. The first-order chi connectivity index (χ1) is 23.3. The average Bonchev–Trinajstić information content (AvgIpc) is 3.52. The Labute approximate surface area is 288 Å². The van der Waals surface area contributed by atoms with Crippen molar-refractivity contribution in [2.75, 3.05) is 46.3 Å². The molecule has 4 heterocycles. The number of anilines is 1. The largest absolute Gasteiger partial charge is 0.496 e. The summed E-state index contributed by atoms with van der Waals surface area (Å²) >= 11 is 13.8. The summed E-state index contributed by atoms with van der Waals surface area (Å²) in [7, 11) is 4.74. The Hall–Kier alpha value is -4.33. The first kappa shape index (κ1) is 35.0. The number of carbonyl (C=O) groups excluding carboxylic acids is 2. The van der Waals surface area contributed by atoms with Gasteiger partial charge in [0.15, 0.2) is 0 Å². The normalized spacial score (nSPS) is 14.1. The van der Waals surface area contributed by atoms with Crippen LogP contribution in [0.5, 0.6) is 11.6 Å². The predicted molar refractivity (Wildman–Crippen MR) is 185 cm³/mol. The van der Waals surface area contributed by atoms with Crippen LogP contribution in [0.3, 0.4) is 0 Å². The van der Waals surface area contributed by atoms with E-state index in [0.29, 0.717) is 84.1 Å². The third-order valence-electron chi connectivity index (χ3n) is 7.79. The van der Waals surface area contributed by atoms with Crippen LogP contribution in [-0.2, 0) is 22.6 Å². The highest BCUT2D eigenvalue weighted by atomic mass is 35.5. The molecule has 1 atom stereocenters. The SMILES string of the molecule is COCCNCc1cnc(C(=O)Nc2cccc(-c3nccc(-c4ccc(CNC[C@H]5CCC(=O)N5)c(OC)n4)c3Cl)c2Cl)cc1OC. The van der Waals surface area contributed by atoms with Crippen LogP contribution in [0.2, 0.25) is 10.0 Å². The van der Waals surface area contributed by atoms with Gasteiger partial charge in [0, 0.05) is 86.5 Å². The second-order valence-corrected chi connectivity index (χ2v) is 11.7. The number of benzene rings is 1. The maximum atomic E-state index is 13.2. The summed E-state index contributed by atoms with van der Waals surface area (Å²) in [5.74, 6) is 0.603. The van der Waals surface area contributed by atoms with E-state index in [0.717, 1.165) is 17.5 Å². The molecule has 0 spiro atoms. The number of halogens is 2. The van der Waals surface area contributed by atoms with Gasteiger partial charge in [0.25, 0.3) is 5.91 Å². The fourth-order valence-electron chi connectivity index (χ4n) is 5.28. The Balaban J connectivity index is 1.32. The van der Waals surface area contributed by atoms with Crippen molar-refractivity contribution >= 4 is 40.7 Å². The molecule has 0 aliphatic carbocycles. The summed E-state index contributed by atoms with van der Waals surface area (Å²) < 4.78 is 16.2. The van der Waals surface area contributed by atoms with Crippen molar-refractivity contribution in [2.24, 2.45) is 0 Å². The molecule has 4 N–H and O–H groups in total. The number of amides is 2. The number of carbonyl (C=O) groups is 2. The second-order valence-electron chi connectivity index (χ2n) is 11.0. The average molecular weight is 695 g/mol. The number of hydrogen-bond acceptors (Lipinski definition) is 10. The van der Waals surface area contributed by atoms with Gasteiger partial charge < -0.3 is 35.5 Å². The summed E-state index contributed by atoms with van der Waals surface area (Å²) in [4.78, 5) is 38.3. The van der Waals surface area contributed by atoms with Gasteiger partial charge in [0.2, 0.25) is 11.8 Å². The lowest BCUT2D eigenvalue weighted by atomic mass is 10.1. The van der Waals surface area contributed by atoms with E-state index >= 15 is 0 Å². The number of nitrogens with one attached hydrogen (secondary N) is 4. The van der Waals surface area contributed by atoms with Crippen molar-refractivity contribution in [2.45, 2.75) is 32.0 Å². The van der Waals surface area contributed by atoms with Gasteiger partial charge in [0.05, 0.1) is 47.9 Å². The van der Waals surface area contributed by atoms with Crippen LogP contribution in [0.1, 0.15) is 34.5 Å². The maximum absolute atomic E-state index is 13.2. The van der Waals surface area contributed by atoms with Crippen LogP contribution in [0.25, 0.3) is 22.5 Å². The minimum atomic E-state index is -0.460. The molecule has 0 radical (unpaired) electrons. The summed E-state index contributed by atoms with van der Waals surface area (Å²) in [6.45, 7) is 2.92. The molecule has 1 aliphatic heterocycles. The first-order valence-electron chi connectivity index (χ1n) is 15.3. The second kappa shape index (κ2) is 16.7. The first-order valence-corrected chi connectivity index (χ1v) is 16.1. The Bertz CT molecular complexity index is 1770. The highest BCUT2D eigenvalue weighted by Crippen LogP contribution is 2.40. The van der Waals surface area contributed by atoms with E-state index in [-0.39, 0.29) is 22.7 Å². The summed E-state index contributed by atoms with van der Waals surface area (Å²) in [5.41, 5.74) is 4.36. The molecule has 3 aromatic heterocycles. The lowest BCUT2D eigenvalue weighted by Crippen LogP contribution is -2.35. The number of pyridine rings is 3. The monoisotopic (exact) mass is 693 g/mol. The number of ether oxygens (including phenoxy) is 3. The zero-order chi connectivity index (χ0) is 34.0. The van der Waals surface area contributed by atoms with Crippen LogP contribution in [0.4, 0.5) is 5.69 Å². The molecular weight excluding hydrogens is 657 g/mol. The van der Waals surface area contributed by atoms with Gasteiger partial charge in [-0.15, -0.1) is 0 Å².